The van der Waals surface area contributed by atoms with Crippen molar-refractivity contribution in [3.8, 4) is 0 Å². The van der Waals surface area contributed by atoms with Crippen LogP contribution >= 0.6 is 0 Å². The lowest BCUT2D eigenvalue weighted by Gasteiger charge is -2.40. The third kappa shape index (κ3) is 4.27. The topological polar surface area (TPSA) is 81.7 Å². The molecule has 8 heteroatoms. The average Bonchev–Trinajstić information content (AvgIpc) is 2.84. The van der Waals surface area contributed by atoms with Gasteiger partial charge in [-0.25, -0.2) is 8.42 Å². The van der Waals surface area contributed by atoms with E-state index in [9.17, 15) is 13.2 Å². The molecule has 2 aromatic rings. The summed E-state index contributed by atoms with van der Waals surface area (Å²) in [6.07, 6.45) is 6.02. The molecule has 170 valence electrons. The summed E-state index contributed by atoms with van der Waals surface area (Å²) in [4.78, 5) is 17.8. The zero-order valence-electron chi connectivity index (χ0n) is 18.2. The SMILES string of the molecule is O=C(c1ccc(C2Nc3ccccc3S(=O)(=O)N2)cc1)N1CCN(C2CCCCC2)CC1. The number of amides is 1. The lowest BCUT2D eigenvalue weighted by Crippen LogP contribution is -2.52. The largest absolute Gasteiger partial charge is 0.364 e. The van der Waals surface area contributed by atoms with E-state index in [1.54, 1.807) is 36.4 Å². The maximum absolute atomic E-state index is 13.0. The number of para-hydroxylation sites is 1. The van der Waals surface area contributed by atoms with E-state index < -0.39 is 16.2 Å². The van der Waals surface area contributed by atoms with E-state index in [1.807, 2.05) is 17.0 Å². The number of anilines is 1. The first kappa shape index (κ1) is 21.4. The van der Waals surface area contributed by atoms with Gasteiger partial charge in [-0.3, -0.25) is 9.69 Å². The number of carbonyl (C=O) groups excluding carboxylic acids is 1. The number of benzene rings is 2. The number of hydrogen-bond acceptors (Lipinski definition) is 5. The Bertz CT molecular complexity index is 1070. The van der Waals surface area contributed by atoms with Crippen LogP contribution in [0.2, 0.25) is 0 Å². The Kier molecular flexibility index (Phi) is 5.92. The van der Waals surface area contributed by atoms with Crippen LogP contribution in [-0.2, 0) is 10.0 Å². The molecule has 0 aromatic heterocycles. The molecule has 1 unspecified atom stereocenters. The van der Waals surface area contributed by atoms with Crippen molar-refractivity contribution in [1.29, 1.82) is 0 Å². The van der Waals surface area contributed by atoms with Crippen LogP contribution in [0.15, 0.2) is 53.4 Å². The fourth-order valence-corrected chi connectivity index (χ4v) is 6.42. The van der Waals surface area contributed by atoms with Crippen LogP contribution in [0.4, 0.5) is 5.69 Å². The van der Waals surface area contributed by atoms with E-state index in [4.69, 9.17) is 0 Å². The molecule has 2 aromatic carbocycles. The average molecular weight is 455 g/mol. The lowest BCUT2D eigenvalue weighted by molar-refractivity contribution is 0.0523. The van der Waals surface area contributed by atoms with Gasteiger partial charge >= 0.3 is 0 Å². The number of nitrogens with zero attached hydrogens (tertiary/aromatic N) is 2. The summed E-state index contributed by atoms with van der Waals surface area (Å²) >= 11 is 0. The van der Waals surface area contributed by atoms with Crippen LogP contribution in [0, 0.1) is 0 Å². The van der Waals surface area contributed by atoms with Crippen molar-refractivity contribution in [3.63, 3.8) is 0 Å². The number of sulfonamides is 1. The molecule has 2 N–H and O–H groups in total. The third-order valence-electron chi connectivity index (χ3n) is 6.93. The standard InChI is InChI=1S/C24H30N4O3S/c29-24(28-16-14-27(15-17-28)20-6-2-1-3-7-20)19-12-10-18(11-13-19)23-25-21-8-4-5-9-22(21)32(30,31)26-23/h4-5,8-13,20,23,25-26H,1-3,6-7,14-17H2. The highest BCUT2D eigenvalue weighted by Crippen LogP contribution is 2.31. The van der Waals surface area contributed by atoms with Gasteiger partial charge in [-0.05, 0) is 42.7 Å². The van der Waals surface area contributed by atoms with Crippen molar-refractivity contribution < 1.29 is 13.2 Å². The Morgan fingerprint density at radius 1 is 0.875 bits per heavy atom. The van der Waals surface area contributed by atoms with Gasteiger partial charge in [-0.1, -0.05) is 43.5 Å². The van der Waals surface area contributed by atoms with Gasteiger partial charge in [-0.15, -0.1) is 0 Å². The molecule has 7 nitrogen and oxygen atoms in total. The molecule has 2 fully saturated rings. The number of piperazine rings is 1. The van der Waals surface area contributed by atoms with Gasteiger partial charge in [0, 0.05) is 37.8 Å². The maximum Gasteiger partial charge on any atom is 0.253 e. The second-order valence-corrected chi connectivity index (χ2v) is 10.6. The molecule has 1 amide bonds. The van der Waals surface area contributed by atoms with Gasteiger partial charge in [0.15, 0.2) is 0 Å². The minimum absolute atomic E-state index is 0.0439. The van der Waals surface area contributed by atoms with E-state index in [0.717, 1.165) is 31.7 Å². The molecule has 1 saturated carbocycles. The van der Waals surface area contributed by atoms with Crippen molar-refractivity contribution >= 4 is 21.6 Å². The summed E-state index contributed by atoms with van der Waals surface area (Å²) in [5, 5.41) is 3.23. The summed E-state index contributed by atoms with van der Waals surface area (Å²) in [6, 6.07) is 14.8. The molecule has 1 aliphatic carbocycles. The van der Waals surface area contributed by atoms with Gasteiger partial charge in [0.1, 0.15) is 11.1 Å². The van der Waals surface area contributed by atoms with Crippen molar-refractivity contribution in [3.05, 3.63) is 59.7 Å². The summed E-state index contributed by atoms with van der Waals surface area (Å²) < 4.78 is 27.8. The molecule has 5 rings (SSSR count). The number of fused-ring (bicyclic) bond motifs is 1. The van der Waals surface area contributed by atoms with Crippen molar-refractivity contribution in [1.82, 2.24) is 14.5 Å². The molecule has 0 spiro atoms. The summed E-state index contributed by atoms with van der Waals surface area (Å²) in [6.45, 7) is 3.42. The van der Waals surface area contributed by atoms with E-state index >= 15 is 0 Å². The number of carbonyl (C=O) groups is 1. The fraction of sp³-hybridized carbons (Fsp3) is 0.458. The predicted molar refractivity (Wildman–Crippen MR) is 124 cm³/mol. The van der Waals surface area contributed by atoms with Crippen LogP contribution in [-0.4, -0.2) is 56.3 Å². The Morgan fingerprint density at radius 3 is 2.28 bits per heavy atom. The first-order valence-electron chi connectivity index (χ1n) is 11.5. The molecular weight excluding hydrogens is 424 g/mol. The maximum atomic E-state index is 13.0. The van der Waals surface area contributed by atoms with Gasteiger partial charge in [0.05, 0.1) is 5.69 Å². The first-order valence-corrected chi connectivity index (χ1v) is 13.0. The number of hydrogen-bond donors (Lipinski definition) is 2. The third-order valence-corrected chi connectivity index (χ3v) is 8.41. The Balaban J connectivity index is 1.23. The van der Waals surface area contributed by atoms with Crippen molar-refractivity contribution in [2.75, 3.05) is 31.5 Å². The first-order chi connectivity index (χ1) is 15.5. The number of nitrogens with one attached hydrogen (secondary N) is 2. The van der Waals surface area contributed by atoms with E-state index in [0.29, 0.717) is 17.3 Å². The zero-order valence-corrected chi connectivity index (χ0v) is 19.0. The van der Waals surface area contributed by atoms with Crippen LogP contribution in [0.1, 0.15) is 54.2 Å². The summed E-state index contributed by atoms with van der Waals surface area (Å²) in [7, 11) is -3.59. The summed E-state index contributed by atoms with van der Waals surface area (Å²) in [5.41, 5.74) is 1.98. The van der Waals surface area contributed by atoms with Crippen LogP contribution in [0.25, 0.3) is 0 Å². The van der Waals surface area contributed by atoms with Gasteiger partial charge < -0.3 is 10.2 Å². The Hall–Kier alpha value is -2.42. The quantitative estimate of drug-likeness (QED) is 0.745. The molecule has 1 saturated heterocycles. The minimum atomic E-state index is -3.59. The monoisotopic (exact) mass is 454 g/mol. The zero-order chi connectivity index (χ0) is 22.1. The van der Waals surface area contributed by atoms with E-state index in [2.05, 4.69) is 14.9 Å². The smallest absolute Gasteiger partial charge is 0.253 e. The highest BCUT2D eigenvalue weighted by atomic mass is 32.2. The van der Waals surface area contributed by atoms with E-state index in [1.165, 1.54) is 32.1 Å². The van der Waals surface area contributed by atoms with Crippen molar-refractivity contribution in [2.24, 2.45) is 0 Å². The summed E-state index contributed by atoms with van der Waals surface area (Å²) in [5.74, 6) is 0.0439. The highest BCUT2D eigenvalue weighted by Gasteiger charge is 2.30. The predicted octanol–water partition coefficient (Wildman–Crippen LogP) is 3.18. The van der Waals surface area contributed by atoms with Gasteiger partial charge in [0.25, 0.3) is 5.91 Å². The van der Waals surface area contributed by atoms with Crippen molar-refractivity contribution in [2.45, 2.75) is 49.2 Å². The minimum Gasteiger partial charge on any atom is -0.364 e. The normalized spacial score (nSPS) is 23.9. The number of rotatable bonds is 3. The second-order valence-electron chi connectivity index (χ2n) is 8.94. The lowest BCUT2D eigenvalue weighted by atomic mass is 9.94. The Labute approximate surface area is 189 Å². The highest BCUT2D eigenvalue weighted by molar-refractivity contribution is 7.89. The molecule has 1 atom stereocenters. The second kappa shape index (κ2) is 8.84. The van der Waals surface area contributed by atoms with E-state index in [-0.39, 0.29) is 10.8 Å². The van der Waals surface area contributed by atoms with Crippen LogP contribution in [0.5, 0.6) is 0 Å². The molecule has 2 heterocycles. The molecule has 0 radical (unpaired) electrons. The van der Waals surface area contributed by atoms with Crippen LogP contribution in [0.3, 0.4) is 0 Å². The van der Waals surface area contributed by atoms with Crippen LogP contribution < -0.4 is 10.0 Å². The fourth-order valence-electron chi connectivity index (χ4n) is 5.11. The van der Waals surface area contributed by atoms with Gasteiger partial charge in [0.2, 0.25) is 10.0 Å². The molecule has 0 bridgehead atoms. The Morgan fingerprint density at radius 2 is 1.56 bits per heavy atom. The molecule has 2 aliphatic heterocycles. The molecular formula is C24H30N4O3S. The molecule has 32 heavy (non-hydrogen) atoms. The van der Waals surface area contributed by atoms with Gasteiger partial charge in [-0.2, -0.15) is 4.72 Å². The molecule has 3 aliphatic rings.